The van der Waals surface area contributed by atoms with E-state index in [2.05, 4.69) is 30.7 Å². The Morgan fingerprint density at radius 1 is 1.23 bits per heavy atom. The second kappa shape index (κ2) is 7.46. The van der Waals surface area contributed by atoms with Crippen LogP contribution in [0.3, 0.4) is 0 Å². The van der Waals surface area contributed by atoms with Crippen LogP contribution in [0.4, 0.5) is 17.5 Å². The van der Waals surface area contributed by atoms with E-state index in [1.165, 1.54) is 0 Å². The van der Waals surface area contributed by atoms with Gasteiger partial charge in [-0.25, -0.2) is 0 Å². The van der Waals surface area contributed by atoms with Crippen LogP contribution in [0.5, 0.6) is 0 Å². The zero-order valence-corrected chi connectivity index (χ0v) is 13.0. The number of hydrogen-bond donors (Lipinski definition) is 2. The van der Waals surface area contributed by atoms with Crippen molar-refractivity contribution >= 4 is 23.2 Å². The zero-order chi connectivity index (χ0) is 15.9. The largest absolute Gasteiger partial charge is 0.367 e. The topological polar surface area (TPSA) is 83.0 Å². The average Bonchev–Trinajstić information content (AvgIpc) is 2.48. The molecule has 0 fully saturated rings. The Morgan fingerprint density at radius 3 is 2.59 bits per heavy atom. The number of anilines is 3. The predicted molar refractivity (Wildman–Crippen MR) is 86.6 cm³/mol. The summed E-state index contributed by atoms with van der Waals surface area (Å²) in [6.45, 7) is 3.22. The normalized spacial score (nSPS) is 10.5. The van der Waals surface area contributed by atoms with E-state index in [0.29, 0.717) is 17.3 Å². The molecule has 0 unspecified atom stereocenters. The van der Waals surface area contributed by atoms with Gasteiger partial charge in [0.1, 0.15) is 0 Å². The molecule has 2 N–H and O–H groups in total. The maximum atomic E-state index is 11.2. The number of nitrogens with zero attached hydrogens (tertiary/aromatic N) is 4. The molecule has 0 saturated heterocycles. The second-order valence-corrected chi connectivity index (χ2v) is 5.15. The highest BCUT2D eigenvalue weighted by Crippen LogP contribution is 2.14. The van der Waals surface area contributed by atoms with Gasteiger partial charge in [-0.05, 0) is 45.3 Å². The number of aromatic nitrogens is 3. The third-order valence-electron chi connectivity index (χ3n) is 2.97. The van der Waals surface area contributed by atoms with Gasteiger partial charge in [0.05, 0.1) is 6.20 Å². The van der Waals surface area contributed by atoms with Crippen molar-refractivity contribution in [2.24, 2.45) is 0 Å². The lowest BCUT2D eigenvalue weighted by Gasteiger charge is -2.11. The van der Waals surface area contributed by atoms with E-state index in [1.807, 2.05) is 26.2 Å². The van der Waals surface area contributed by atoms with Crippen molar-refractivity contribution < 1.29 is 4.79 Å². The van der Waals surface area contributed by atoms with Crippen LogP contribution >= 0.6 is 0 Å². The van der Waals surface area contributed by atoms with Crippen LogP contribution in [0.2, 0.25) is 0 Å². The summed E-state index contributed by atoms with van der Waals surface area (Å²) in [5.41, 5.74) is 1.47. The summed E-state index contributed by atoms with van der Waals surface area (Å²) in [6.07, 6.45) is 1.58. The quantitative estimate of drug-likeness (QED) is 0.754. The Balaban J connectivity index is 1.99. The molecule has 1 aromatic heterocycles. The third kappa shape index (κ3) is 4.78. The van der Waals surface area contributed by atoms with Gasteiger partial charge in [-0.1, -0.05) is 0 Å². The molecular weight excluding hydrogens is 280 g/mol. The van der Waals surface area contributed by atoms with Crippen molar-refractivity contribution in [1.82, 2.24) is 20.1 Å². The molecule has 0 aliphatic heterocycles. The van der Waals surface area contributed by atoms with Crippen molar-refractivity contribution in [3.8, 4) is 0 Å². The molecule has 1 aromatic carbocycles. The van der Waals surface area contributed by atoms with E-state index >= 15 is 0 Å². The second-order valence-electron chi connectivity index (χ2n) is 5.15. The molecule has 2 aromatic rings. The summed E-state index contributed by atoms with van der Waals surface area (Å²) in [6, 6.07) is 7.15. The van der Waals surface area contributed by atoms with Gasteiger partial charge in [-0.2, -0.15) is 10.1 Å². The number of carbonyl (C=O) groups is 1. The molecule has 1 heterocycles. The highest BCUT2D eigenvalue weighted by atomic mass is 16.1. The number of Topliss-reactive ketones (excluding diaryl/α,β-unsaturated/α-hetero) is 1. The third-order valence-corrected chi connectivity index (χ3v) is 2.97. The van der Waals surface area contributed by atoms with Gasteiger partial charge in [0, 0.05) is 24.3 Å². The molecular formula is C15H20N6O. The van der Waals surface area contributed by atoms with Crippen LogP contribution in [0.1, 0.15) is 17.3 Å². The standard InChI is InChI=1S/C15H20N6O/c1-11(22)12-4-6-13(7-5-12)18-15-19-14(10-17-20-15)16-8-9-21(2)3/h4-7,10H,8-9H2,1-3H3,(H2,16,18,19,20). The van der Waals surface area contributed by atoms with Gasteiger partial charge in [-0.15, -0.1) is 5.10 Å². The number of rotatable bonds is 7. The first kappa shape index (κ1) is 15.8. The molecule has 0 amide bonds. The monoisotopic (exact) mass is 300 g/mol. The van der Waals surface area contributed by atoms with Crippen LogP contribution in [0.25, 0.3) is 0 Å². The molecule has 0 saturated carbocycles. The number of nitrogens with one attached hydrogen (secondary N) is 2. The summed E-state index contributed by atoms with van der Waals surface area (Å²) in [7, 11) is 4.02. The summed E-state index contributed by atoms with van der Waals surface area (Å²) < 4.78 is 0. The van der Waals surface area contributed by atoms with E-state index in [0.717, 1.165) is 18.8 Å². The molecule has 0 aliphatic carbocycles. The van der Waals surface area contributed by atoms with E-state index in [1.54, 1.807) is 25.3 Å². The van der Waals surface area contributed by atoms with Crippen LogP contribution in [-0.4, -0.2) is 53.0 Å². The maximum absolute atomic E-state index is 11.2. The number of carbonyl (C=O) groups excluding carboxylic acids is 1. The maximum Gasteiger partial charge on any atom is 0.249 e. The van der Waals surface area contributed by atoms with Gasteiger partial charge >= 0.3 is 0 Å². The molecule has 0 aliphatic rings. The molecule has 116 valence electrons. The van der Waals surface area contributed by atoms with Crippen molar-refractivity contribution in [1.29, 1.82) is 0 Å². The SMILES string of the molecule is CC(=O)c1ccc(Nc2nncc(NCCN(C)C)n2)cc1. The van der Waals surface area contributed by atoms with E-state index in [-0.39, 0.29) is 5.78 Å². The molecule has 2 rings (SSSR count). The fraction of sp³-hybridized carbons (Fsp3) is 0.333. The Morgan fingerprint density at radius 2 is 1.95 bits per heavy atom. The summed E-state index contributed by atoms with van der Waals surface area (Å²) in [5, 5.41) is 14.1. The minimum absolute atomic E-state index is 0.0385. The molecule has 0 atom stereocenters. The van der Waals surface area contributed by atoms with Crippen LogP contribution in [0.15, 0.2) is 30.5 Å². The number of benzene rings is 1. The first-order valence-electron chi connectivity index (χ1n) is 7.01. The molecule has 0 spiro atoms. The first-order chi connectivity index (χ1) is 10.5. The average molecular weight is 300 g/mol. The lowest BCUT2D eigenvalue weighted by Crippen LogP contribution is -2.21. The van der Waals surface area contributed by atoms with E-state index in [4.69, 9.17) is 0 Å². The Labute approximate surface area is 129 Å². The Kier molecular flexibility index (Phi) is 5.37. The van der Waals surface area contributed by atoms with Gasteiger partial charge < -0.3 is 15.5 Å². The molecule has 7 heteroatoms. The van der Waals surface area contributed by atoms with Gasteiger partial charge in [0.2, 0.25) is 5.95 Å². The summed E-state index contributed by atoms with van der Waals surface area (Å²) in [4.78, 5) is 17.7. The predicted octanol–water partition coefficient (Wildman–Crippen LogP) is 1.79. The molecule has 7 nitrogen and oxygen atoms in total. The molecule has 22 heavy (non-hydrogen) atoms. The minimum atomic E-state index is 0.0385. The van der Waals surface area contributed by atoms with E-state index in [9.17, 15) is 4.79 Å². The smallest absolute Gasteiger partial charge is 0.249 e. The highest BCUT2D eigenvalue weighted by Gasteiger charge is 2.03. The van der Waals surface area contributed by atoms with E-state index < -0.39 is 0 Å². The zero-order valence-electron chi connectivity index (χ0n) is 13.0. The van der Waals surface area contributed by atoms with Crippen LogP contribution in [-0.2, 0) is 0 Å². The summed E-state index contributed by atoms with van der Waals surface area (Å²) >= 11 is 0. The van der Waals surface area contributed by atoms with Crippen molar-refractivity contribution in [2.45, 2.75) is 6.92 Å². The fourth-order valence-electron chi connectivity index (χ4n) is 1.77. The van der Waals surface area contributed by atoms with Gasteiger partial charge in [0.15, 0.2) is 11.6 Å². The molecule has 0 radical (unpaired) electrons. The summed E-state index contributed by atoms with van der Waals surface area (Å²) in [5.74, 6) is 1.11. The number of hydrogen-bond acceptors (Lipinski definition) is 7. The minimum Gasteiger partial charge on any atom is -0.367 e. The lowest BCUT2D eigenvalue weighted by atomic mass is 10.1. The molecule has 0 bridgehead atoms. The number of ketones is 1. The van der Waals surface area contributed by atoms with Gasteiger partial charge in [0.25, 0.3) is 0 Å². The Hall–Kier alpha value is -2.54. The lowest BCUT2D eigenvalue weighted by molar-refractivity contribution is 0.101. The van der Waals surface area contributed by atoms with Crippen LogP contribution < -0.4 is 10.6 Å². The van der Waals surface area contributed by atoms with Crippen molar-refractivity contribution in [3.05, 3.63) is 36.0 Å². The fourth-order valence-corrected chi connectivity index (χ4v) is 1.77. The van der Waals surface area contributed by atoms with Crippen molar-refractivity contribution in [3.63, 3.8) is 0 Å². The first-order valence-corrected chi connectivity index (χ1v) is 7.01. The van der Waals surface area contributed by atoms with Crippen molar-refractivity contribution in [2.75, 3.05) is 37.8 Å². The highest BCUT2D eigenvalue weighted by molar-refractivity contribution is 5.94. The Bertz CT molecular complexity index is 626. The van der Waals surface area contributed by atoms with Crippen LogP contribution in [0, 0.1) is 0 Å². The number of likely N-dealkylation sites (N-methyl/N-ethyl adjacent to an activating group) is 1. The van der Waals surface area contributed by atoms with Gasteiger partial charge in [-0.3, -0.25) is 4.79 Å².